The second-order valence-corrected chi connectivity index (χ2v) is 4.63. The maximum Gasteiger partial charge on any atom is 0.119 e. The lowest BCUT2D eigenvalue weighted by Gasteiger charge is -2.12. The van der Waals surface area contributed by atoms with Crippen LogP contribution in [0.25, 0.3) is 0 Å². The monoisotopic (exact) mass is 237 g/mol. The van der Waals surface area contributed by atoms with Crippen molar-refractivity contribution < 1.29 is 9.84 Å². The molecule has 0 saturated heterocycles. The molecule has 0 heterocycles. The highest BCUT2D eigenvalue weighted by atomic mass is 16.5. The van der Waals surface area contributed by atoms with Gasteiger partial charge in [0.25, 0.3) is 0 Å². The number of aliphatic hydroxyl groups is 1. The molecule has 0 amide bonds. The number of ether oxygens (including phenoxy) is 1. The summed E-state index contributed by atoms with van der Waals surface area (Å²) in [6.07, 6.45) is 2.08. The third kappa shape index (κ3) is 5.20. The predicted molar refractivity (Wildman–Crippen MR) is 70.2 cm³/mol. The highest BCUT2D eigenvalue weighted by Crippen LogP contribution is 2.16. The van der Waals surface area contributed by atoms with Crippen LogP contribution in [0, 0.1) is 5.92 Å². The van der Waals surface area contributed by atoms with Gasteiger partial charge in [0, 0.05) is 6.61 Å². The fraction of sp³-hybridized carbons (Fsp3) is 0.571. The standard InChI is InChI=1S/C14H23NO2/c1-11(2)17-14-7-5-12(6-8-14)3-4-13(9-15)10-16/h5-8,11,13,16H,3-4,9-10,15H2,1-2H3. The van der Waals surface area contributed by atoms with E-state index in [4.69, 9.17) is 15.6 Å². The van der Waals surface area contributed by atoms with Crippen LogP contribution in [0.2, 0.25) is 0 Å². The average Bonchev–Trinajstić information content (AvgIpc) is 2.32. The molecule has 0 aliphatic carbocycles. The number of hydrogen-bond donors (Lipinski definition) is 2. The van der Waals surface area contributed by atoms with Crippen molar-refractivity contribution >= 4 is 0 Å². The Hall–Kier alpha value is -1.06. The Morgan fingerprint density at radius 2 is 1.88 bits per heavy atom. The van der Waals surface area contributed by atoms with Gasteiger partial charge in [-0.3, -0.25) is 0 Å². The molecule has 0 radical (unpaired) electrons. The number of benzene rings is 1. The first-order chi connectivity index (χ1) is 8.15. The van der Waals surface area contributed by atoms with Gasteiger partial charge in [-0.2, -0.15) is 0 Å². The Balaban J connectivity index is 2.45. The van der Waals surface area contributed by atoms with Gasteiger partial charge in [0.15, 0.2) is 0 Å². The summed E-state index contributed by atoms with van der Waals surface area (Å²) in [5.74, 6) is 1.11. The molecule has 1 atom stereocenters. The molecular formula is C14H23NO2. The van der Waals surface area contributed by atoms with Gasteiger partial charge in [0.1, 0.15) is 5.75 Å². The molecule has 0 spiro atoms. The Bertz CT molecular complexity index is 305. The molecular weight excluding hydrogens is 214 g/mol. The minimum Gasteiger partial charge on any atom is -0.491 e. The quantitative estimate of drug-likeness (QED) is 0.762. The summed E-state index contributed by atoms with van der Waals surface area (Å²) in [4.78, 5) is 0. The van der Waals surface area contributed by atoms with Gasteiger partial charge in [-0.05, 0) is 56.8 Å². The molecule has 0 bridgehead atoms. The van der Waals surface area contributed by atoms with Crippen LogP contribution in [0.1, 0.15) is 25.8 Å². The molecule has 17 heavy (non-hydrogen) atoms. The minimum atomic E-state index is 0.172. The zero-order chi connectivity index (χ0) is 12.7. The first-order valence-electron chi connectivity index (χ1n) is 6.22. The predicted octanol–water partition coefficient (Wildman–Crippen LogP) is 1.97. The van der Waals surface area contributed by atoms with Gasteiger partial charge in [-0.25, -0.2) is 0 Å². The molecule has 3 heteroatoms. The van der Waals surface area contributed by atoms with Gasteiger partial charge in [-0.1, -0.05) is 12.1 Å². The van der Waals surface area contributed by atoms with E-state index in [1.165, 1.54) is 5.56 Å². The van der Waals surface area contributed by atoms with Crippen molar-refractivity contribution in [2.45, 2.75) is 32.8 Å². The summed E-state index contributed by atoms with van der Waals surface area (Å²) in [6, 6.07) is 8.13. The van der Waals surface area contributed by atoms with Crippen molar-refractivity contribution in [1.29, 1.82) is 0 Å². The first kappa shape index (κ1) is 14.0. The molecule has 3 N–H and O–H groups in total. The van der Waals surface area contributed by atoms with E-state index >= 15 is 0 Å². The molecule has 1 unspecified atom stereocenters. The van der Waals surface area contributed by atoms with Gasteiger partial charge >= 0.3 is 0 Å². The highest BCUT2D eigenvalue weighted by Gasteiger charge is 2.05. The highest BCUT2D eigenvalue weighted by molar-refractivity contribution is 5.27. The zero-order valence-corrected chi connectivity index (χ0v) is 10.7. The zero-order valence-electron chi connectivity index (χ0n) is 10.7. The largest absolute Gasteiger partial charge is 0.491 e. The van der Waals surface area contributed by atoms with Crippen LogP contribution in [0.5, 0.6) is 5.75 Å². The van der Waals surface area contributed by atoms with Crippen LogP contribution < -0.4 is 10.5 Å². The Morgan fingerprint density at radius 1 is 1.24 bits per heavy atom. The van der Waals surface area contributed by atoms with Crippen molar-refractivity contribution in [1.82, 2.24) is 0 Å². The molecule has 0 saturated carbocycles. The average molecular weight is 237 g/mol. The molecule has 96 valence electrons. The third-order valence-electron chi connectivity index (χ3n) is 2.73. The second-order valence-electron chi connectivity index (χ2n) is 4.63. The van der Waals surface area contributed by atoms with E-state index in [1.54, 1.807) is 0 Å². The van der Waals surface area contributed by atoms with Gasteiger partial charge in [-0.15, -0.1) is 0 Å². The number of hydrogen-bond acceptors (Lipinski definition) is 3. The topological polar surface area (TPSA) is 55.5 Å². The van der Waals surface area contributed by atoms with Gasteiger partial charge in [0.05, 0.1) is 6.10 Å². The molecule has 0 aromatic heterocycles. The number of nitrogens with two attached hydrogens (primary N) is 1. The summed E-state index contributed by atoms with van der Waals surface area (Å²) in [5, 5.41) is 9.05. The summed E-state index contributed by atoms with van der Waals surface area (Å²) < 4.78 is 5.58. The van der Waals surface area contributed by atoms with E-state index < -0.39 is 0 Å². The Morgan fingerprint density at radius 3 is 2.35 bits per heavy atom. The summed E-state index contributed by atoms with van der Waals surface area (Å²) in [7, 11) is 0. The normalized spacial score (nSPS) is 12.8. The fourth-order valence-corrected chi connectivity index (χ4v) is 1.66. The van der Waals surface area contributed by atoms with Crippen LogP contribution in [0.4, 0.5) is 0 Å². The van der Waals surface area contributed by atoms with Crippen LogP contribution in [0.15, 0.2) is 24.3 Å². The van der Waals surface area contributed by atoms with Crippen molar-refractivity contribution in [3.05, 3.63) is 29.8 Å². The Labute approximate surface area is 104 Å². The molecule has 0 fully saturated rings. The summed E-state index contributed by atoms with van der Waals surface area (Å²) in [5.41, 5.74) is 6.80. The fourth-order valence-electron chi connectivity index (χ4n) is 1.66. The maximum atomic E-state index is 9.05. The first-order valence-corrected chi connectivity index (χ1v) is 6.22. The lowest BCUT2D eigenvalue weighted by molar-refractivity contribution is 0.223. The van der Waals surface area contributed by atoms with Crippen molar-refractivity contribution in [3.8, 4) is 5.75 Å². The number of aliphatic hydroxyl groups excluding tert-OH is 1. The molecule has 3 nitrogen and oxygen atoms in total. The van der Waals surface area contributed by atoms with E-state index in [9.17, 15) is 0 Å². The minimum absolute atomic E-state index is 0.172. The molecule has 1 aromatic carbocycles. The van der Waals surface area contributed by atoms with Gasteiger partial charge in [0.2, 0.25) is 0 Å². The smallest absolute Gasteiger partial charge is 0.119 e. The van der Waals surface area contributed by atoms with Crippen molar-refractivity contribution in [2.75, 3.05) is 13.2 Å². The number of rotatable bonds is 7. The van der Waals surface area contributed by atoms with Crippen LogP contribution >= 0.6 is 0 Å². The van der Waals surface area contributed by atoms with Crippen molar-refractivity contribution in [3.63, 3.8) is 0 Å². The maximum absolute atomic E-state index is 9.05. The third-order valence-corrected chi connectivity index (χ3v) is 2.73. The molecule has 0 aliphatic rings. The van der Waals surface area contributed by atoms with E-state index in [0.29, 0.717) is 6.54 Å². The summed E-state index contributed by atoms with van der Waals surface area (Å²) in [6.45, 7) is 4.75. The van der Waals surface area contributed by atoms with Crippen molar-refractivity contribution in [2.24, 2.45) is 11.7 Å². The lowest BCUT2D eigenvalue weighted by Crippen LogP contribution is -2.18. The molecule has 0 aliphatic heterocycles. The molecule has 1 rings (SSSR count). The van der Waals surface area contributed by atoms with Crippen LogP contribution in [-0.4, -0.2) is 24.4 Å². The molecule has 1 aromatic rings. The van der Waals surface area contributed by atoms with Crippen LogP contribution in [0.3, 0.4) is 0 Å². The lowest BCUT2D eigenvalue weighted by atomic mass is 10.0. The van der Waals surface area contributed by atoms with E-state index in [-0.39, 0.29) is 18.6 Å². The van der Waals surface area contributed by atoms with E-state index in [0.717, 1.165) is 18.6 Å². The second kappa shape index (κ2) is 7.30. The Kier molecular flexibility index (Phi) is 6.01. The number of aryl methyl sites for hydroxylation is 1. The SMILES string of the molecule is CC(C)Oc1ccc(CCC(CN)CO)cc1. The summed E-state index contributed by atoms with van der Waals surface area (Å²) >= 11 is 0. The van der Waals surface area contributed by atoms with E-state index in [1.807, 2.05) is 26.0 Å². The van der Waals surface area contributed by atoms with Gasteiger partial charge < -0.3 is 15.6 Å². The van der Waals surface area contributed by atoms with Crippen LogP contribution in [-0.2, 0) is 6.42 Å². The van der Waals surface area contributed by atoms with E-state index in [2.05, 4.69) is 12.1 Å².